The summed E-state index contributed by atoms with van der Waals surface area (Å²) < 4.78 is 13.9. The SMILES string of the molecule is O=C(CCCc1nc2ccccc2s1)NNC(=O)c1ccc(F)cc1. The number of nitrogens with zero attached hydrogens (tertiary/aromatic N) is 1. The molecule has 2 N–H and O–H groups in total. The molecule has 0 unspecified atom stereocenters. The maximum absolute atomic E-state index is 12.8. The predicted molar refractivity (Wildman–Crippen MR) is 94.6 cm³/mol. The van der Waals surface area contributed by atoms with E-state index < -0.39 is 11.7 Å². The summed E-state index contributed by atoms with van der Waals surface area (Å²) in [7, 11) is 0. The molecule has 2 aromatic carbocycles. The molecule has 0 spiro atoms. The Hall–Kier alpha value is -2.80. The Bertz CT molecular complexity index is 860. The van der Waals surface area contributed by atoms with Gasteiger partial charge in [0.2, 0.25) is 5.91 Å². The fourth-order valence-electron chi connectivity index (χ4n) is 2.29. The Balaban J connectivity index is 1.42. The fourth-order valence-corrected chi connectivity index (χ4v) is 3.30. The molecule has 0 bridgehead atoms. The summed E-state index contributed by atoms with van der Waals surface area (Å²) >= 11 is 1.62. The summed E-state index contributed by atoms with van der Waals surface area (Å²) in [6.45, 7) is 0. The second-order valence-electron chi connectivity index (χ2n) is 5.44. The van der Waals surface area contributed by atoms with Gasteiger partial charge in [-0.1, -0.05) is 12.1 Å². The van der Waals surface area contributed by atoms with Crippen LogP contribution < -0.4 is 10.9 Å². The van der Waals surface area contributed by atoms with Gasteiger partial charge in [-0.15, -0.1) is 11.3 Å². The van der Waals surface area contributed by atoms with E-state index in [-0.39, 0.29) is 17.9 Å². The van der Waals surface area contributed by atoms with E-state index in [0.717, 1.165) is 15.2 Å². The molecule has 0 aliphatic heterocycles. The molecule has 0 radical (unpaired) electrons. The van der Waals surface area contributed by atoms with Crippen molar-refractivity contribution in [3.63, 3.8) is 0 Å². The normalized spacial score (nSPS) is 10.6. The molecule has 1 heterocycles. The van der Waals surface area contributed by atoms with Crippen LogP contribution in [0, 0.1) is 5.82 Å². The lowest BCUT2D eigenvalue weighted by Gasteiger charge is -2.07. The first-order chi connectivity index (χ1) is 12.1. The van der Waals surface area contributed by atoms with Gasteiger partial charge in [-0.25, -0.2) is 9.37 Å². The Labute approximate surface area is 147 Å². The number of rotatable bonds is 5. The number of para-hydroxylation sites is 1. The van der Waals surface area contributed by atoms with Crippen molar-refractivity contribution in [3.05, 3.63) is 64.9 Å². The van der Waals surface area contributed by atoms with Crippen molar-refractivity contribution < 1.29 is 14.0 Å². The second-order valence-corrected chi connectivity index (χ2v) is 6.55. The van der Waals surface area contributed by atoms with Crippen LogP contribution >= 0.6 is 11.3 Å². The molecule has 5 nitrogen and oxygen atoms in total. The highest BCUT2D eigenvalue weighted by Gasteiger charge is 2.08. The lowest BCUT2D eigenvalue weighted by Crippen LogP contribution is -2.41. The van der Waals surface area contributed by atoms with Crippen LogP contribution in [0.4, 0.5) is 4.39 Å². The first-order valence-corrected chi connectivity index (χ1v) is 8.63. The third kappa shape index (κ3) is 4.60. The van der Waals surface area contributed by atoms with Crippen LogP contribution in [0.3, 0.4) is 0 Å². The third-order valence-electron chi connectivity index (χ3n) is 3.55. The van der Waals surface area contributed by atoms with Gasteiger partial charge in [-0.05, 0) is 49.2 Å². The molecule has 0 aliphatic rings. The first kappa shape index (κ1) is 17.0. The van der Waals surface area contributed by atoms with Crippen molar-refractivity contribution in [1.29, 1.82) is 0 Å². The van der Waals surface area contributed by atoms with Gasteiger partial charge >= 0.3 is 0 Å². The third-order valence-corrected chi connectivity index (χ3v) is 4.65. The van der Waals surface area contributed by atoms with Gasteiger partial charge in [-0.3, -0.25) is 20.4 Å². The number of thiazole rings is 1. The summed E-state index contributed by atoms with van der Waals surface area (Å²) in [5, 5.41) is 0.990. The Kier molecular flexibility index (Phi) is 5.35. The monoisotopic (exact) mass is 357 g/mol. The van der Waals surface area contributed by atoms with Crippen molar-refractivity contribution in [1.82, 2.24) is 15.8 Å². The number of hydrogen-bond acceptors (Lipinski definition) is 4. The lowest BCUT2D eigenvalue weighted by atomic mass is 10.2. The van der Waals surface area contributed by atoms with Crippen LogP contribution in [0.1, 0.15) is 28.2 Å². The molecular formula is C18H16FN3O2S. The summed E-state index contributed by atoms with van der Waals surface area (Å²) in [6.07, 6.45) is 1.62. The molecule has 0 aliphatic carbocycles. The summed E-state index contributed by atoms with van der Waals surface area (Å²) in [6, 6.07) is 13.0. The molecule has 128 valence electrons. The molecule has 7 heteroatoms. The second kappa shape index (κ2) is 7.85. The maximum Gasteiger partial charge on any atom is 0.269 e. The first-order valence-electron chi connectivity index (χ1n) is 7.81. The number of carbonyl (C=O) groups excluding carboxylic acids is 2. The largest absolute Gasteiger partial charge is 0.273 e. The van der Waals surface area contributed by atoms with E-state index >= 15 is 0 Å². The number of benzene rings is 2. The topological polar surface area (TPSA) is 71.1 Å². The molecule has 0 saturated carbocycles. The van der Waals surface area contributed by atoms with Crippen LogP contribution in [0.2, 0.25) is 0 Å². The smallest absolute Gasteiger partial charge is 0.269 e. The number of halogens is 1. The van der Waals surface area contributed by atoms with E-state index in [2.05, 4.69) is 15.8 Å². The van der Waals surface area contributed by atoms with E-state index in [9.17, 15) is 14.0 Å². The van der Waals surface area contributed by atoms with Gasteiger partial charge in [0.1, 0.15) is 5.82 Å². The van der Waals surface area contributed by atoms with Crippen LogP contribution in [0.15, 0.2) is 48.5 Å². The minimum absolute atomic E-state index is 0.274. The number of aromatic nitrogens is 1. The standard InChI is InChI=1S/C18H16FN3O2S/c19-13-10-8-12(9-11-13)18(24)22-21-16(23)6-3-7-17-20-14-4-1-2-5-15(14)25-17/h1-2,4-5,8-11H,3,6-7H2,(H,21,23)(H,22,24). The van der Waals surface area contributed by atoms with Crippen molar-refractivity contribution in [2.45, 2.75) is 19.3 Å². The lowest BCUT2D eigenvalue weighted by molar-refractivity contribution is -0.121. The number of carbonyl (C=O) groups is 2. The summed E-state index contributed by atoms with van der Waals surface area (Å²) in [5.41, 5.74) is 5.92. The fraction of sp³-hybridized carbons (Fsp3) is 0.167. The van der Waals surface area contributed by atoms with Gasteiger partial charge < -0.3 is 0 Å². The quantitative estimate of drug-likeness (QED) is 0.689. The molecular weight excluding hydrogens is 341 g/mol. The average molecular weight is 357 g/mol. The molecule has 0 saturated heterocycles. The van der Waals surface area contributed by atoms with Gasteiger partial charge in [0.15, 0.2) is 0 Å². The highest BCUT2D eigenvalue weighted by atomic mass is 32.1. The van der Waals surface area contributed by atoms with Gasteiger partial charge in [0.25, 0.3) is 5.91 Å². The predicted octanol–water partition coefficient (Wildman–Crippen LogP) is 3.22. The van der Waals surface area contributed by atoms with Crippen LogP contribution in [-0.2, 0) is 11.2 Å². The van der Waals surface area contributed by atoms with E-state index in [4.69, 9.17) is 0 Å². The number of nitrogens with one attached hydrogen (secondary N) is 2. The van der Waals surface area contributed by atoms with E-state index in [1.807, 2.05) is 24.3 Å². The van der Waals surface area contributed by atoms with E-state index in [1.54, 1.807) is 11.3 Å². The number of aryl methyl sites for hydroxylation is 1. The van der Waals surface area contributed by atoms with Crippen molar-refractivity contribution in [3.8, 4) is 0 Å². The molecule has 3 aromatic rings. The zero-order valence-electron chi connectivity index (χ0n) is 13.3. The highest BCUT2D eigenvalue weighted by Crippen LogP contribution is 2.22. The van der Waals surface area contributed by atoms with E-state index in [0.29, 0.717) is 12.8 Å². The molecule has 1 aromatic heterocycles. The number of hydrazine groups is 1. The molecule has 25 heavy (non-hydrogen) atoms. The molecule has 0 atom stereocenters. The van der Waals surface area contributed by atoms with Crippen LogP contribution in [0.5, 0.6) is 0 Å². The summed E-state index contributed by atoms with van der Waals surface area (Å²) in [4.78, 5) is 28.1. The van der Waals surface area contributed by atoms with Gasteiger partial charge in [0.05, 0.1) is 15.2 Å². The van der Waals surface area contributed by atoms with Gasteiger partial charge in [0, 0.05) is 12.0 Å². The summed E-state index contributed by atoms with van der Waals surface area (Å²) in [5.74, 6) is -1.19. The maximum atomic E-state index is 12.8. The minimum atomic E-state index is -0.487. The zero-order chi connectivity index (χ0) is 17.6. The Morgan fingerprint density at radius 1 is 1.04 bits per heavy atom. The van der Waals surface area contributed by atoms with E-state index in [1.165, 1.54) is 24.3 Å². The van der Waals surface area contributed by atoms with Crippen molar-refractivity contribution >= 4 is 33.4 Å². The molecule has 3 rings (SSSR count). The number of fused-ring (bicyclic) bond motifs is 1. The zero-order valence-corrected chi connectivity index (χ0v) is 14.1. The Morgan fingerprint density at radius 2 is 1.80 bits per heavy atom. The number of hydrogen-bond donors (Lipinski definition) is 2. The van der Waals surface area contributed by atoms with Crippen LogP contribution in [0.25, 0.3) is 10.2 Å². The van der Waals surface area contributed by atoms with Crippen molar-refractivity contribution in [2.75, 3.05) is 0 Å². The Morgan fingerprint density at radius 3 is 2.56 bits per heavy atom. The molecule has 0 fully saturated rings. The van der Waals surface area contributed by atoms with Crippen molar-refractivity contribution in [2.24, 2.45) is 0 Å². The minimum Gasteiger partial charge on any atom is -0.273 e. The highest BCUT2D eigenvalue weighted by molar-refractivity contribution is 7.18. The molecule has 2 amide bonds. The average Bonchev–Trinajstić information content (AvgIpc) is 3.03. The van der Waals surface area contributed by atoms with Crippen LogP contribution in [-0.4, -0.2) is 16.8 Å². The number of amides is 2. The van der Waals surface area contributed by atoms with Gasteiger partial charge in [-0.2, -0.15) is 0 Å².